The monoisotopic (exact) mass is 262 g/mol. The van der Waals surface area contributed by atoms with Crippen LogP contribution in [-0.4, -0.2) is 15.0 Å². The van der Waals surface area contributed by atoms with Gasteiger partial charge in [-0.3, -0.25) is 4.98 Å². The molecule has 4 nitrogen and oxygen atoms in total. The molecule has 3 rings (SSSR count). The molecule has 4 heteroatoms. The highest BCUT2D eigenvalue weighted by atomic mass is 15.0. The van der Waals surface area contributed by atoms with Crippen LogP contribution in [0, 0.1) is 6.92 Å². The number of aromatic nitrogens is 3. The van der Waals surface area contributed by atoms with Crippen molar-refractivity contribution in [1.29, 1.82) is 0 Å². The van der Waals surface area contributed by atoms with Crippen LogP contribution in [0.4, 0.5) is 5.95 Å². The number of nitrogen functional groups attached to an aromatic ring is 1. The summed E-state index contributed by atoms with van der Waals surface area (Å²) in [5, 5.41) is 1.08. The number of hydrogen-bond donors (Lipinski definition) is 1. The van der Waals surface area contributed by atoms with Gasteiger partial charge in [0, 0.05) is 23.3 Å². The maximum atomic E-state index is 5.58. The highest BCUT2D eigenvalue weighted by molar-refractivity contribution is 5.87. The number of nitrogens with zero attached hydrogens (tertiary/aromatic N) is 3. The average molecular weight is 262 g/mol. The Morgan fingerprint density at radius 1 is 1.20 bits per heavy atom. The number of hydrogen-bond acceptors (Lipinski definition) is 4. The largest absolute Gasteiger partial charge is 0.368 e. The summed E-state index contributed by atoms with van der Waals surface area (Å²) in [6, 6.07) is 10.0. The first kappa shape index (κ1) is 12.3. The third kappa shape index (κ3) is 2.12. The third-order valence-electron chi connectivity index (χ3n) is 3.27. The van der Waals surface area contributed by atoms with E-state index in [1.807, 2.05) is 31.2 Å². The lowest BCUT2D eigenvalue weighted by atomic mass is 9.98. The van der Waals surface area contributed by atoms with Gasteiger partial charge in [0.2, 0.25) is 5.95 Å². The third-order valence-corrected chi connectivity index (χ3v) is 3.27. The second kappa shape index (κ2) is 4.74. The van der Waals surface area contributed by atoms with Crippen molar-refractivity contribution in [3.8, 4) is 0 Å². The van der Waals surface area contributed by atoms with Crippen LogP contribution in [-0.2, 0) is 0 Å². The molecule has 2 heterocycles. The molecule has 0 aliphatic carbocycles. The number of anilines is 1. The molecule has 98 valence electrons. The summed E-state index contributed by atoms with van der Waals surface area (Å²) in [5.74, 6) is 0.279. The first-order valence-corrected chi connectivity index (χ1v) is 6.29. The minimum Gasteiger partial charge on any atom is -0.368 e. The summed E-state index contributed by atoms with van der Waals surface area (Å²) in [5.41, 5.74) is 10.2. The Bertz CT molecular complexity index is 808. The van der Waals surface area contributed by atoms with Crippen molar-refractivity contribution in [2.75, 3.05) is 5.73 Å². The highest BCUT2D eigenvalue weighted by Gasteiger charge is 2.08. The molecule has 0 saturated carbocycles. The van der Waals surface area contributed by atoms with Gasteiger partial charge in [-0.05, 0) is 36.3 Å². The molecule has 20 heavy (non-hydrogen) atoms. The van der Waals surface area contributed by atoms with Gasteiger partial charge in [0.05, 0.1) is 11.2 Å². The Morgan fingerprint density at radius 2 is 2.05 bits per heavy atom. The molecule has 0 unspecified atom stereocenters. The minimum absolute atomic E-state index is 0.279. The van der Waals surface area contributed by atoms with E-state index in [0.717, 1.165) is 33.3 Å². The zero-order valence-electron chi connectivity index (χ0n) is 11.2. The van der Waals surface area contributed by atoms with Crippen molar-refractivity contribution in [1.82, 2.24) is 15.0 Å². The Balaban J connectivity index is 2.08. The molecule has 3 aromatic rings. The van der Waals surface area contributed by atoms with Crippen LogP contribution in [0.1, 0.15) is 16.8 Å². The van der Waals surface area contributed by atoms with Crippen LogP contribution in [0.2, 0.25) is 0 Å². The van der Waals surface area contributed by atoms with Crippen LogP contribution in [0.5, 0.6) is 0 Å². The van der Waals surface area contributed by atoms with Gasteiger partial charge >= 0.3 is 0 Å². The second-order valence-electron chi connectivity index (χ2n) is 4.62. The fraction of sp³-hybridized carbons (Fsp3) is 0.0625. The van der Waals surface area contributed by atoms with Crippen molar-refractivity contribution >= 4 is 22.4 Å². The Hall–Kier alpha value is -2.75. The summed E-state index contributed by atoms with van der Waals surface area (Å²) in [6.45, 7) is 6.06. The molecule has 0 aliphatic heterocycles. The molecule has 1 aromatic carbocycles. The van der Waals surface area contributed by atoms with E-state index in [0.29, 0.717) is 0 Å². The van der Waals surface area contributed by atoms with E-state index in [9.17, 15) is 0 Å². The fourth-order valence-electron chi connectivity index (χ4n) is 2.20. The molecular formula is C16H14N4. The lowest BCUT2D eigenvalue weighted by Crippen LogP contribution is -2.00. The summed E-state index contributed by atoms with van der Waals surface area (Å²) < 4.78 is 0. The number of aryl methyl sites for hydroxylation is 1. The molecule has 0 amide bonds. The lowest BCUT2D eigenvalue weighted by Gasteiger charge is -2.09. The van der Waals surface area contributed by atoms with Gasteiger partial charge in [-0.25, -0.2) is 9.97 Å². The van der Waals surface area contributed by atoms with Gasteiger partial charge in [0.1, 0.15) is 0 Å². The van der Waals surface area contributed by atoms with E-state index in [1.165, 1.54) is 0 Å². The molecule has 0 bridgehead atoms. The number of rotatable bonds is 2. The van der Waals surface area contributed by atoms with Crippen molar-refractivity contribution in [3.63, 3.8) is 0 Å². The predicted octanol–water partition coefficient (Wildman–Crippen LogP) is 2.98. The Kier molecular flexibility index (Phi) is 2.91. The maximum absolute atomic E-state index is 5.58. The van der Waals surface area contributed by atoms with Crippen LogP contribution in [0.3, 0.4) is 0 Å². The van der Waals surface area contributed by atoms with E-state index in [-0.39, 0.29) is 5.95 Å². The van der Waals surface area contributed by atoms with Gasteiger partial charge in [-0.15, -0.1) is 0 Å². The second-order valence-corrected chi connectivity index (χ2v) is 4.62. The van der Waals surface area contributed by atoms with Crippen molar-refractivity contribution in [3.05, 3.63) is 66.1 Å². The Morgan fingerprint density at radius 3 is 2.85 bits per heavy atom. The lowest BCUT2D eigenvalue weighted by molar-refractivity contribution is 1.10. The normalized spacial score (nSPS) is 10.7. The maximum Gasteiger partial charge on any atom is 0.220 e. The molecule has 2 aromatic heterocycles. The molecule has 0 atom stereocenters. The molecule has 0 radical (unpaired) electrons. The van der Waals surface area contributed by atoms with Gasteiger partial charge < -0.3 is 5.73 Å². The average Bonchev–Trinajstić information content (AvgIpc) is 2.46. The van der Waals surface area contributed by atoms with E-state index >= 15 is 0 Å². The zero-order chi connectivity index (χ0) is 14.1. The summed E-state index contributed by atoms with van der Waals surface area (Å²) in [7, 11) is 0. The van der Waals surface area contributed by atoms with Crippen LogP contribution in [0.25, 0.3) is 16.5 Å². The van der Waals surface area contributed by atoms with Crippen molar-refractivity contribution in [2.45, 2.75) is 6.92 Å². The van der Waals surface area contributed by atoms with Gasteiger partial charge in [-0.1, -0.05) is 18.7 Å². The minimum atomic E-state index is 0.279. The van der Waals surface area contributed by atoms with E-state index in [1.54, 1.807) is 12.4 Å². The summed E-state index contributed by atoms with van der Waals surface area (Å²) in [4.78, 5) is 12.5. The number of benzene rings is 1. The van der Waals surface area contributed by atoms with Crippen LogP contribution >= 0.6 is 0 Å². The number of nitrogens with two attached hydrogens (primary N) is 1. The van der Waals surface area contributed by atoms with Crippen molar-refractivity contribution in [2.24, 2.45) is 0 Å². The first-order valence-electron chi connectivity index (χ1n) is 6.29. The SMILES string of the molecule is C=C(c1ccc2ncccc2c1)c1cnc(N)nc1C. The van der Waals surface area contributed by atoms with E-state index in [4.69, 9.17) is 5.73 Å². The van der Waals surface area contributed by atoms with Gasteiger partial charge in [0.25, 0.3) is 0 Å². The quantitative estimate of drug-likeness (QED) is 0.771. The first-order chi connectivity index (χ1) is 9.65. The topological polar surface area (TPSA) is 64.7 Å². The number of pyridine rings is 1. The van der Waals surface area contributed by atoms with Crippen LogP contribution in [0.15, 0.2) is 49.3 Å². The van der Waals surface area contributed by atoms with Crippen molar-refractivity contribution < 1.29 is 0 Å². The smallest absolute Gasteiger partial charge is 0.220 e. The standard InChI is InChI=1S/C16H14N4/c1-10(14-9-19-16(17)20-11(14)2)12-5-6-15-13(8-12)4-3-7-18-15/h3-9H,1H2,2H3,(H2,17,19,20). The van der Waals surface area contributed by atoms with Crippen LogP contribution < -0.4 is 5.73 Å². The predicted molar refractivity (Wildman–Crippen MR) is 81.1 cm³/mol. The zero-order valence-corrected chi connectivity index (χ0v) is 11.2. The fourth-order valence-corrected chi connectivity index (χ4v) is 2.20. The van der Waals surface area contributed by atoms with E-state index in [2.05, 4.69) is 27.6 Å². The van der Waals surface area contributed by atoms with Gasteiger partial charge in [-0.2, -0.15) is 0 Å². The molecule has 0 spiro atoms. The van der Waals surface area contributed by atoms with E-state index < -0.39 is 0 Å². The highest BCUT2D eigenvalue weighted by Crippen LogP contribution is 2.25. The Labute approximate surface area is 117 Å². The molecular weight excluding hydrogens is 248 g/mol. The molecule has 0 aliphatic rings. The molecule has 0 fully saturated rings. The molecule has 2 N–H and O–H groups in total. The summed E-state index contributed by atoms with van der Waals surface area (Å²) in [6.07, 6.45) is 3.50. The molecule has 0 saturated heterocycles. The summed E-state index contributed by atoms with van der Waals surface area (Å²) >= 11 is 0. The van der Waals surface area contributed by atoms with Gasteiger partial charge in [0.15, 0.2) is 0 Å². The number of fused-ring (bicyclic) bond motifs is 1.